The van der Waals surface area contributed by atoms with Crippen LogP contribution in [0.3, 0.4) is 0 Å². The molecule has 2 atom stereocenters. The third kappa shape index (κ3) is 2.76. The lowest BCUT2D eigenvalue weighted by Gasteiger charge is -2.37. The number of benzene rings is 2. The van der Waals surface area contributed by atoms with Crippen molar-refractivity contribution < 1.29 is 9.84 Å². The summed E-state index contributed by atoms with van der Waals surface area (Å²) < 4.78 is 5.74. The maximum Gasteiger partial charge on any atom is 0.128 e. The van der Waals surface area contributed by atoms with E-state index in [0.29, 0.717) is 11.9 Å². The molecule has 1 fully saturated rings. The third-order valence-corrected chi connectivity index (χ3v) is 4.56. The summed E-state index contributed by atoms with van der Waals surface area (Å²) in [7, 11) is 0. The monoisotopic (exact) mass is 285 g/mol. The quantitative estimate of drug-likeness (QED) is 0.933. The first kappa shape index (κ1) is 14.4. The van der Waals surface area contributed by atoms with Gasteiger partial charge in [0.25, 0.3) is 0 Å². The van der Waals surface area contributed by atoms with Crippen molar-refractivity contribution in [3.05, 3.63) is 42.0 Å². The molecule has 0 saturated carbocycles. The van der Waals surface area contributed by atoms with Gasteiger partial charge in [0.15, 0.2) is 0 Å². The molecule has 112 valence electrons. The molecular formula is C18H23NO2. The predicted octanol–water partition coefficient (Wildman–Crippen LogP) is 3.72. The fraction of sp³-hybridized carbons (Fsp3) is 0.444. The van der Waals surface area contributed by atoms with E-state index in [1.54, 1.807) is 0 Å². The Morgan fingerprint density at radius 2 is 2.10 bits per heavy atom. The summed E-state index contributed by atoms with van der Waals surface area (Å²) in [5.41, 5.74) is 1.01. The molecule has 1 aliphatic rings. The summed E-state index contributed by atoms with van der Waals surface area (Å²) in [5, 5.41) is 12.6. The number of fused-ring (bicyclic) bond motifs is 1. The number of hydrogen-bond acceptors (Lipinski definition) is 3. The van der Waals surface area contributed by atoms with Crippen LogP contribution in [0.4, 0.5) is 0 Å². The first-order chi connectivity index (χ1) is 10.2. The summed E-state index contributed by atoms with van der Waals surface area (Å²) in [6, 6.07) is 12.3. The molecule has 21 heavy (non-hydrogen) atoms. The van der Waals surface area contributed by atoms with Crippen LogP contribution < -0.4 is 0 Å². The van der Waals surface area contributed by atoms with Crippen LogP contribution >= 0.6 is 0 Å². The first-order valence-corrected chi connectivity index (χ1v) is 7.77. The number of rotatable bonds is 3. The fourth-order valence-electron chi connectivity index (χ4n) is 3.15. The van der Waals surface area contributed by atoms with Gasteiger partial charge in [-0.05, 0) is 18.7 Å². The van der Waals surface area contributed by atoms with Gasteiger partial charge in [-0.3, -0.25) is 4.90 Å². The van der Waals surface area contributed by atoms with Crippen molar-refractivity contribution in [2.24, 2.45) is 0 Å². The highest BCUT2D eigenvalue weighted by atomic mass is 16.5. The molecule has 0 spiro atoms. The van der Waals surface area contributed by atoms with E-state index in [9.17, 15) is 5.11 Å². The summed E-state index contributed by atoms with van der Waals surface area (Å²) in [4.78, 5) is 2.40. The molecule has 1 aliphatic heterocycles. The zero-order chi connectivity index (χ0) is 14.8. The molecule has 0 aliphatic carbocycles. The minimum Gasteiger partial charge on any atom is -0.507 e. The van der Waals surface area contributed by atoms with Gasteiger partial charge in [-0.2, -0.15) is 0 Å². The van der Waals surface area contributed by atoms with Gasteiger partial charge in [0.05, 0.1) is 12.7 Å². The van der Waals surface area contributed by atoms with E-state index >= 15 is 0 Å². The Bertz CT molecular complexity index is 626. The lowest BCUT2D eigenvalue weighted by atomic mass is 9.99. The van der Waals surface area contributed by atoms with Crippen LogP contribution in [0.15, 0.2) is 36.4 Å². The van der Waals surface area contributed by atoms with Crippen molar-refractivity contribution in [1.29, 1.82) is 0 Å². The highest BCUT2D eigenvalue weighted by Crippen LogP contribution is 2.35. The molecule has 2 aromatic rings. The molecule has 1 heterocycles. The largest absolute Gasteiger partial charge is 0.507 e. The third-order valence-electron chi connectivity index (χ3n) is 4.56. The second-order valence-corrected chi connectivity index (χ2v) is 5.80. The van der Waals surface area contributed by atoms with E-state index in [1.807, 2.05) is 24.3 Å². The molecule has 1 N–H and O–H groups in total. The number of aromatic hydroxyl groups is 1. The fourth-order valence-corrected chi connectivity index (χ4v) is 3.15. The number of ether oxygens (including phenoxy) is 1. The maximum absolute atomic E-state index is 10.6. The number of morpholine rings is 1. The molecule has 2 unspecified atom stereocenters. The van der Waals surface area contributed by atoms with Crippen molar-refractivity contribution >= 4 is 10.8 Å². The SMILES string of the molecule is CCC1CN(C(C)c2ccc3ccccc3c2O)CCO1. The second kappa shape index (κ2) is 6.04. The van der Waals surface area contributed by atoms with Gasteiger partial charge in [0, 0.05) is 30.1 Å². The van der Waals surface area contributed by atoms with E-state index in [-0.39, 0.29) is 6.04 Å². The first-order valence-electron chi connectivity index (χ1n) is 7.77. The lowest BCUT2D eigenvalue weighted by Crippen LogP contribution is -2.43. The highest BCUT2D eigenvalue weighted by Gasteiger charge is 2.25. The van der Waals surface area contributed by atoms with Gasteiger partial charge < -0.3 is 9.84 Å². The Balaban J connectivity index is 1.90. The highest BCUT2D eigenvalue weighted by molar-refractivity contribution is 5.89. The molecule has 3 heteroatoms. The standard InChI is InChI=1S/C18H23NO2/c1-3-15-12-19(10-11-21-15)13(2)16-9-8-14-6-4-5-7-17(14)18(16)20/h4-9,13,15,20H,3,10-12H2,1-2H3. The van der Waals surface area contributed by atoms with E-state index in [1.165, 1.54) is 0 Å². The molecule has 3 rings (SSSR count). The van der Waals surface area contributed by atoms with Crippen LogP contribution in [-0.2, 0) is 4.74 Å². The van der Waals surface area contributed by atoms with Crippen LogP contribution in [0.2, 0.25) is 0 Å². The molecule has 0 bridgehead atoms. The minimum atomic E-state index is 0.201. The Labute approximate surface area is 126 Å². The zero-order valence-electron chi connectivity index (χ0n) is 12.7. The molecular weight excluding hydrogens is 262 g/mol. The van der Waals surface area contributed by atoms with Crippen molar-refractivity contribution in [3.8, 4) is 5.75 Å². The molecule has 0 amide bonds. The van der Waals surface area contributed by atoms with Crippen molar-refractivity contribution in [2.75, 3.05) is 19.7 Å². The molecule has 2 aromatic carbocycles. The Morgan fingerprint density at radius 3 is 2.90 bits per heavy atom. The Morgan fingerprint density at radius 1 is 1.29 bits per heavy atom. The van der Waals surface area contributed by atoms with Crippen LogP contribution in [-0.4, -0.2) is 35.8 Å². The number of hydrogen-bond donors (Lipinski definition) is 1. The summed E-state index contributed by atoms with van der Waals surface area (Å²) in [6.07, 6.45) is 1.34. The van der Waals surface area contributed by atoms with Crippen LogP contribution in [0.1, 0.15) is 31.9 Å². The average Bonchev–Trinajstić information content (AvgIpc) is 2.55. The Kier molecular flexibility index (Phi) is 4.13. The van der Waals surface area contributed by atoms with Gasteiger partial charge in [0.2, 0.25) is 0 Å². The summed E-state index contributed by atoms with van der Waals surface area (Å²) in [5.74, 6) is 0.417. The van der Waals surface area contributed by atoms with Crippen molar-refractivity contribution in [3.63, 3.8) is 0 Å². The molecule has 1 saturated heterocycles. The predicted molar refractivity (Wildman–Crippen MR) is 85.6 cm³/mol. The number of phenolic OH excluding ortho intramolecular Hbond substituents is 1. The molecule has 3 nitrogen and oxygen atoms in total. The molecule has 0 aromatic heterocycles. The number of phenols is 1. The number of nitrogens with zero attached hydrogens (tertiary/aromatic N) is 1. The van der Waals surface area contributed by atoms with E-state index < -0.39 is 0 Å². The average molecular weight is 285 g/mol. The van der Waals surface area contributed by atoms with E-state index in [4.69, 9.17) is 4.74 Å². The van der Waals surface area contributed by atoms with Gasteiger partial charge in [0.1, 0.15) is 5.75 Å². The Hall–Kier alpha value is -1.58. The maximum atomic E-state index is 10.6. The van der Waals surface area contributed by atoms with Gasteiger partial charge in [-0.1, -0.05) is 43.3 Å². The van der Waals surface area contributed by atoms with Crippen LogP contribution in [0.25, 0.3) is 10.8 Å². The van der Waals surface area contributed by atoms with Gasteiger partial charge in [-0.25, -0.2) is 0 Å². The van der Waals surface area contributed by atoms with Crippen molar-refractivity contribution in [1.82, 2.24) is 4.90 Å². The second-order valence-electron chi connectivity index (χ2n) is 5.80. The van der Waals surface area contributed by atoms with Crippen LogP contribution in [0, 0.1) is 0 Å². The summed E-state index contributed by atoms with van der Waals surface area (Å²) in [6.45, 7) is 6.96. The van der Waals surface area contributed by atoms with Crippen molar-refractivity contribution in [2.45, 2.75) is 32.4 Å². The van der Waals surface area contributed by atoms with E-state index in [0.717, 1.165) is 42.5 Å². The summed E-state index contributed by atoms with van der Waals surface area (Å²) >= 11 is 0. The van der Waals surface area contributed by atoms with Gasteiger partial charge >= 0.3 is 0 Å². The normalized spacial score (nSPS) is 21.5. The zero-order valence-corrected chi connectivity index (χ0v) is 12.7. The lowest BCUT2D eigenvalue weighted by molar-refractivity contribution is -0.0427. The topological polar surface area (TPSA) is 32.7 Å². The van der Waals surface area contributed by atoms with Gasteiger partial charge in [-0.15, -0.1) is 0 Å². The molecule has 0 radical (unpaired) electrons. The van der Waals surface area contributed by atoms with E-state index in [2.05, 4.69) is 30.9 Å². The smallest absolute Gasteiger partial charge is 0.128 e. The van der Waals surface area contributed by atoms with Crippen LogP contribution in [0.5, 0.6) is 5.75 Å². The minimum absolute atomic E-state index is 0.201.